The van der Waals surface area contributed by atoms with Crippen molar-refractivity contribution in [1.82, 2.24) is 24.8 Å². The molecule has 45 heavy (non-hydrogen) atoms. The summed E-state index contributed by atoms with van der Waals surface area (Å²) in [4.78, 5) is 42.6. The van der Waals surface area contributed by atoms with Crippen molar-refractivity contribution in [2.24, 2.45) is 11.1 Å². The van der Waals surface area contributed by atoms with Gasteiger partial charge in [0.1, 0.15) is 6.10 Å². The molecular formula is C35H43N7O3. The van der Waals surface area contributed by atoms with Crippen molar-refractivity contribution in [2.75, 3.05) is 25.0 Å². The lowest BCUT2D eigenvalue weighted by molar-refractivity contribution is -0.117. The zero-order valence-electron chi connectivity index (χ0n) is 26.3. The number of benzene rings is 1. The summed E-state index contributed by atoms with van der Waals surface area (Å²) in [5, 5.41) is 3.03. The van der Waals surface area contributed by atoms with Crippen LogP contribution >= 0.6 is 0 Å². The maximum absolute atomic E-state index is 13.3. The quantitative estimate of drug-likeness (QED) is 0.191. The molecule has 10 nitrogen and oxygen atoms in total. The molecule has 0 aliphatic carbocycles. The third-order valence-electron chi connectivity index (χ3n) is 7.32. The summed E-state index contributed by atoms with van der Waals surface area (Å²) in [6, 6.07) is 25.2. The summed E-state index contributed by atoms with van der Waals surface area (Å²) in [7, 11) is 0. The number of aromatic nitrogens is 3. The normalized spacial score (nSPS) is 12.2. The topological polar surface area (TPSA) is 127 Å². The van der Waals surface area contributed by atoms with Crippen LogP contribution in [-0.2, 0) is 35.6 Å². The Kier molecular flexibility index (Phi) is 12.1. The molecule has 2 amide bonds. The standard InChI is InChI=1S/C35H43N7O3/c1-35(2,3)32(45-34(36)44)22-27-13-15-28(16-14-27)40-33(43)26-42(25-31-12-6-9-19-39-31)21-20-41(23-29-10-4-7-17-37-29)24-30-11-5-8-18-38-30/h4-19,32H,20-26H2,1-3H3,(H2,36,44)(H,40,43). The number of hydrogen-bond acceptors (Lipinski definition) is 8. The number of pyridine rings is 3. The molecule has 0 aliphatic heterocycles. The molecule has 0 saturated carbocycles. The SMILES string of the molecule is CC(C)(C)C(Cc1ccc(NC(=O)CN(CCN(Cc2ccccn2)Cc2ccccn2)Cc2ccccn2)cc1)OC(N)=O. The molecule has 4 aromatic rings. The third-order valence-corrected chi connectivity index (χ3v) is 7.32. The highest BCUT2D eigenvalue weighted by Crippen LogP contribution is 2.26. The minimum Gasteiger partial charge on any atom is -0.445 e. The fourth-order valence-corrected chi connectivity index (χ4v) is 4.88. The highest BCUT2D eigenvalue weighted by Gasteiger charge is 2.28. The van der Waals surface area contributed by atoms with Crippen molar-refractivity contribution in [3.63, 3.8) is 0 Å². The van der Waals surface area contributed by atoms with Gasteiger partial charge < -0.3 is 15.8 Å². The Morgan fingerprint density at radius 3 is 1.69 bits per heavy atom. The van der Waals surface area contributed by atoms with Gasteiger partial charge >= 0.3 is 6.09 Å². The molecule has 0 saturated heterocycles. The molecule has 1 aromatic carbocycles. The Labute approximate surface area is 265 Å². The summed E-state index contributed by atoms with van der Waals surface area (Å²) >= 11 is 0. The first-order valence-electron chi connectivity index (χ1n) is 15.1. The number of amides is 2. The average molecular weight is 610 g/mol. The molecule has 0 spiro atoms. The first-order chi connectivity index (χ1) is 21.6. The predicted octanol–water partition coefficient (Wildman–Crippen LogP) is 5.07. The molecule has 10 heteroatoms. The van der Waals surface area contributed by atoms with E-state index in [1.54, 1.807) is 18.6 Å². The second kappa shape index (κ2) is 16.4. The van der Waals surface area contributed by atoms with E-state index in [1.807, 2.05) is 99.6 Å². The Hall–Kier alpha value is -4.67. The molecule has 0 fully saturated rings. The van der Waals surface area contributed by atoms with E-state index in [2.05, 4.69) is 30.1 Å². The molecule has 1 unspecified atom stereocenters. The van der Waals surface area contributed by atoms with E-state index in [1.165, 1.54) is 0 Å². The number of ether oxygens (including phenoxy) is 1. The van der Waals surface area contributed by atoms with E-state index in [9.17, 15) is 9.59 Å². The van der Waals surface area contributed by atoms with Gasteiger partial charge in [-0.15, -0.1) is 0 Å². The van der Waals surface area contributed by atoms with Crippen molar-refractivity contribution >= 4 is 17.7 Å². The largest absolute Gasteiger partial charge is 0.445 e. The van der Waals surface area contributed by atoms with Gasteiger partial charge in [-0.25, -0.2) is 4.79 Å². The summed E-state index contributed by atoms with van der Waals surface area (Å²) in [6.45, 7) is 9.38. The fraction of sp³-hybridized carbons (Fsp3) is 0.343. The Bertz CT molecular complexity index is 1420. The van der Waals surface area contributed by atoms with E-state index in [0.29, 0.717) is 44.8 Å². The summed E-state index contributed by atoms with van der Waals surface area (Å²) in [6.07, 6.45) is 4.73. The third kappa shape index (κ3) is 11.7. The van der Waals surface area contributed by atoms with Crippen LogP contribution in [0.5, 0.6) is 0 Å². The fourth-order valence-electron chi connectivity index (χ4n) is 4.88. The Balaban J connectivity index is 1.41. The summed E-state index contributed by atoms with van der Waals surface area (Å²) in [5.41, 5.74) is 9.53. The van der Waals surface area contributed by atoms with Crippen LogP contribution in [0.4, 0.5) is 10.5 Å². The van der Waals surface area contributed by atoms with E-state index in [-0.39, 0.29) is 24.0 Å². The number of nitrogens with zero attached hydrogens (tertiary/aromatic N) is 5. The van der Waals surface area contributed by atoms with Crippen LogP contribution in [-0.4, -0.2) is 62.5 Å². The zero-order valence-corrected chi connectivity index (χ0v) is 26.3. The second-order valence-corrected chi connectivity index (χ2v) is 12.1. The summed E-state index contributed by atoms with van der Waals surface area (Å²) in [5.74, 6) is -0.121. The van der Waals surface area contributed by atoms with Gasteiger partial charge in [-0.2, -0.15) is 0 Å². The van der Waals surface area contributed by atoms with Crippen molar-refractivity contribution < 1.29 is 14.3 Å². The molecule has 0 radical (unpaired) electrons. The van der Waals surface area contributed by atoms with Gasteiger partial charge in [0.25, 0.3) is 0 Å². The van der Waals surface area contributed by atoms with Crippen molar-refractivity contribution in [3.05, 3.63) is 120 Å². The van der Waals surface area contributed by atoms with Crippen LogP contribution in [0, 0.1) is 5.41 Å². The van der Waals surface area contributed by atoms with Crippen LogP contribution in [0.2, 0.25) is 0 Å². The van der Waals surface area contributed by atoms with Crippen molar-refractivity contribution in [3.8, 4) is 0 Å². The van der Waals surface area contributed by atoms with Crippen LogP contribution in [0.1, 0.15) is 43.4 Å². The predicted molar refractivity (Wildman–Crippen MR) is 175 cm³/mol. The zero-order chi connectivity index (χ0) is 32.1. The van der Waals surface area contributed by atoms with Gasteiger partial charge in [-0.1, -0.05) is 51.1 Å². The number of carbonyl (C=O) groups excluding carboxylic acids is 2. The van der Waals surface area contributed by atoms with Gasteiger partial charge in [0, 0.05) is 63.4 Å². The lowest BCUT2D eigenvalue weighted by atomic mass is 9.85. The number of nitrogens with one attached hydrogen (secondary N) is 1. The molecule has 3 N–H and O–H groups in total. The van der Waals surface area contributed by atoms with E-state index < -0.39 is 6.09 Å². The maximum atomic E-state index is 13.3. The first kappa shape index (κ1) is 33.2. The first-order valence-corrected chi connectivity index (χ1v) is 15.1. The molecule has 4 rings (SSSR count). The summed E-state index contributed by atoms with van der Waals surface area (Å²) < 4.78 is 5.36. The van der Waals surface area contributed by atoms with Gasteiger partial charge in [0.2, 0.25) is 5.91 Å². The number of rotatable bonds is 15. The lowest BCUT2D eigenvalue weighted by Crippen LogP contribution is -2.39. The smallest absolute Gasteiger partial charge is 0.404 e. The minimum atomic E-state index is -0.786. The molecule has 0 aliphatic rings. The highest BCUT2D eigenvalue weighted by molar-refractivity contribution is 5.92. The van der Waals surface area contributed by atoms with Gasteiger partial charge in [0.15, 0.2) is 0 Å². The van der Waals surface area contributed by atoms with Crippen molar-refractivity contribution in [1.29, 1.82) is 0 Å². The molecule has 1 atom stereocenters. The maximum Gasteiger partial charge on any atom is 0.404 e. The molecule has 3 aromatic heterocycles. The number of carbonyl (C=O) groups is 2. The van der Waals surface area contributed by atoms with E-state index >= 15 is 0 Å². The number of hydrogen-bond donors (Lipinski definition) is 2. The van der Waals surface area contributed by atoms with Crippen LogP contribution in [0.3, 0.4) is 0 Å². The molecular weight excluding hydrogens is 566 g/mol. The van der Waals surface area contributed by atoms with Crippen LogP contribution < -0.4 is 11.1 Å². The second-order valence-electron chi connectivity index (χ2n) is 12.1. The van der Waals surface area contributed by atoms with Gasteiger partial charge in [-0.3, -0.25) is 29.5 Å². The Morgan fingerprint density at radius 2 is 1.24 bits per heavy atom. The van der Waals surface area contributed by atoms with Gasteiger partial charge in [-0.05, 0) is 59.5 Å². The van der Waals surface area contributed by atoms with E-state index in [4.69, 9.17) is 10.5 Å². The highest BCUT2D eigenvalue weighted by atomic mass is 16.6. The Morgan fingerprint density at radius 1 is 0.756 bits per heavy atom. The lowest BCUT2D eigenvalue weighted by Gasteiger charge is -2.29. The molecule has 236 valence electrons. The number of nitrogens with two attached hydrogens (primary N) is 1. The molecule has 0 bridgehead atoms. The van der Waals surface area contributed by atoms with Gasteiger partial charge in [0.05, 0.1) is 23.6 Å². The van der Waals surface area contributed by atoms with Crippen molar-refractivity contribution in [2.45, 2.75) is 52.9 Å². The average Bonchev–Trinajstić information content (AvgIpc) is 3.01. The number of primary amides is 1. The minimum absolute atomic E-state index is 0.121. The van der Waals surface area contributed by atoms with Crippen LogP contribution in [0.15, 0.2) is 97.5 Å². The number of anilines is 1. The van der Waals surface area contributed by atoms with E-state index in [0.717, 1.165) is 22.6 Å². The monoisotopic (exact) mass is 609 g/mol. The van der Waals surface area contributed by atoms with Crippen LogP contribution in [0.25, 0.3) is 0 Å². The molecule has 3 heterocycles.